The second-order valence-corrected chi connectivity index (χ2v) is 5.96. The highest BCUT2D eigenvalue weighted by molar-refractivity contribution is 5.65. The van der Waals surface area contributed by atoms with Crippen LogP contribution in [0.1, 0.15) is 38.4 Å². The monoisotopic (exact) mass is 296 g/mol. The first kappa shape index (κ1) is 16.2. The van der Waals surface area contributed by atoms with Gasteiger partial charge in [-0.05, 0) is 53.2 Å². The molecule has 2 aromatic rings. The Morgan fingerprint density at radius 1 is 1.18 bits per heavy atom. The number of halogens is 1. The normalized spacial score (nSPS) is 11.3. The highest BCUT2D eigenvalue weighted by Crippen LogP contribution is 2.20. The summed E-state index contributed by atoms with van der Waals surface area (Å²) in [5.74, 6) is 0.380. The highest BCUT2D eigenvalue weighted by Gasteiger charge is 2.01. The highest BCUT2D eigenvalue weighted by atomic mass is 19.1. The van der Waals surface area contributed by atoms with Crippen LogP contribution >= 0.6 is 0 Å². The fourth-order valence-corrected chi connectivity index (χ4v) is 2.27. The predicted molar refractivity (Wildman–Crippen MR) is 96.2 cm³/mol. The molecular weight excluding hydrogens is 271 g/mol. The molecule has 22 heavy (non-hydrogen) atoms. The summed E-state index contributed by atoms with van der Waals surface area (Å²) < 4.78 is 13.2. The molecule has 0 aliphatic rings. The van der Waals surface area contributed by atoms with E-state index in [2.05, 4.69) is 56.8 Å². The summed E-state index contributed by atoms with van der Waals surface area (Å²) in [6, 6.07) is 15.2. The Hall–Kier alpha value is -2.15. The van der Waals surface area contributed by atoms with Crippen molar-refractivity contribution in [2.75, 3.05) is 0 Å². The maximum absolute atomic E-state index is 13.2. The minimum Gasteiger partial charge on any atom is -0.207 e. The number of rotatable bonds is 6. The van der Waals surface area contributed by atoms with Crippen molar-refractivity contribution >= 4 is 11.6 Å². The van der Waals surface area contributed by atoms with E-state index in [4.69, 9.17) is 0 Å². The van der Waals surface area contributed by atoms with E-state index in [1.807, 2.05) is 6.07 Å². The first-order valence-electron chi connectivity index (χ1n) is 7.75. The van der Waals surface area contributed by atoms with Gasteiger partial charge in [-0.2, -0.15) is 0 Å². The van der Waals surface area contributed by atoms with Gasteiger partial charge in [0, 0.05) is 1.43 Å². The Kier molecular flexibility index (Phi) is 5.71. The molecule has 1 heteroatoms. The molecule has 116 valence electrons. The molecule has 0 unspecified atom stereocenters. The molecule has 0 radical (unpaired) electrons. The van der Waals surface area contributed by atoms with E-state index < -0.39 is 0 Å². The van der Waals surface area contributed by atoms with Crippen LogP contribution in [0.15, 0.2) is 61.2 Å². The summed E-state index contributed by atoms with van der Waals surface area (Å²) in [6.45, 7) is 8.49. The van der Waals surface area contributed by atoms with Crippen LogP contribution in [0.4, 0.5) is 4.39 Å². The molecule has 0 bridgehead atoms. The lowest BCUT2D eigenvalue weighted by molar-refractivity contribution is 0.625. The Labute approximate surface area is 134 Å². The molecule has 2 rings (SSSR count). The fraction of sp³-hybridized carbons (Fsp3) is 0.238. The minimum atomic E-state index is -0.176. The number of benzene rings is 2. The van der Waals surface area contributed by atoms with Crippen molar-refractivity contribution in [3.8, 4) is 0 Å². The van der Waals surface area contributed by atoms with Crippen molar-refractivity contribution in [2.45, 2.75) is 26.7 Å². The van der Waals surface area contributed by atoms with Crippen LogP contribution < -0.4 is 0 Å². The summed E-state index contributed by atoms with van der Waals surface area (Å²) >= 11 is 0. The van der Waals surface area contributed by atoms with E-state index in [-0.39, 0.29) is 7.24 Å². The van der Waals surface area contributed by atoms with Gasteiger partial charge in [0.1, 0.15) is 5.82 Å². The van der Waals surface area contributed by atoms with Crippen LogP contribution in [0, 0.1) is 11.7 Å². The van der Waals surface area contributed by atoms with Crippen LogP contribution in [0.3, 0.4) is 0 Å². The molecule has 0 amide bonds. The van der Waals surface area contributed by atoms with Crippen molar-refractivity contribution in [3.63, 3.8) is 0 Å². The summed E-state index contributed by atoms with van der Waals surface area (Å²) in [5.41, 5.74) is 4.45. The van der Waals surface area contributed by atoms with Gasteiger partial charge in [-0.25, -0.2) is 4.39 Å². The third-order valence-electron chi connectivity index (χ3n) is 3.60. The summed E-state index contributed by atoms with van der Waals surface area (Å²) in [5, 5.41) is 0. The molecular formula is C21H25F. The van der Waals surface area contributed by atoms with E-state index in [9.17, 15) is 4.39 Å². The Bertz CT molecular complexity index is 654. The number of allylic oxidation sites excluding steroid dienone is 2. The molecule has 0 aliphatic carbocycles. The zero-order chi connectivity index (χ0) is 15.9. The molecule has 2 aromatic carbocycles. The van der Waals surface area contributed by atoms with Gasteiger partial charge < -0.3 is 0 Å². The van der Waals surface area contributed by atoms with Gasteiger partial charge in [0.05, 0.1) is 0 Å². The average molecular weight is 296 g/mol. The predicted octanol–water partition coefficient (Wildman–Crippen LogP) is 6.39. The van der Waals surface area contributed by atoms with Gasteiger partial charge in [0.2, 0.25) is 0 Å². The first-order chi connectivity index (χ1) is 10.5. The Balaban J connectivity index is 0.00000264. The van der Waals surface area contributed by atoms with Gasteiger partial charge in [-0.3, -0.25) is 0 Å². The van der Waals surface area contributed by atoms with E-state index >= 15 is 0 Å². The Morgan fingerprint density at radius 2 is 1.91 bits per heavy atom. The number of aryl methyl sites for hydroxylation is 1. The largest absolute Gasteiger partial charge is 0.207 e. The van der Waals surface area contributed by atoms with Crippen LogP contribution in [-0.4, -0.2) is 0 Å². The average Bonchev–Trinajstić information content (AvgIpc) is 2.51. The molecule has 0 aliphatic heterocycles. The van der Waals surface area contributed by atoms with E-state index in [1.165, 1.54) is 11.6 Å². The summed E-state index contributed by atoms with van der Waals surface area (Å²) in [4.78, 5) is 0. The van der Waals surface area contributed by atoms with Crippen molar-refractivity contribution in [1.82, 2.24) is 0 Å². The van der Waals surface area contributed by atoms with Crippen LogP contribution in [-0.2, 0) is 6.42 Å². The second kappa shape index (κ2) is 7.74. The maximum atomic E-state index is 13.2. The number of hydrogen-bond donors (Lipinski definition) is 0. The van der Waals surface area contributed by atoms with Crippen molar-refractivity contribution in [1.29, 1.82) is 0 Å². The van der Waals surface area contributed by atoms with Crippen LogP contribution in [0.5, 0.6) is 0 Å². The standard InChI is InChI=1S/C21H23F.H2/c1-16(2)7-9-18-11-13-20(14-12-18)17(3)8-10-19-5-4-6-21(22)15-19;/h4-7,9,11-16H,3,8,10H2,1-2H3;1H/b9-7+;. The van der Waals surface area contributed by atoms with Crippen molar-refractivity contribution in [2.24, 2.45) is 5.92 Å². The summed E-state index contributed by atoms with van der Waals surface area (Å²) in [6.07, 6.45) is 5.98. The first-order valence-corrected chi connectivity index (χ1v) is 7.75. The lowest BCUT2D eigenvalue weighted by Gasteiger charge is -2.07. The molecule has 0 spiro atoms. The van der Waals surface area contributed by atoms with E-state index in [0.29, 0.717) is 5.92 Å². The smallest absolute Gasteiger partial charge is 0.123 e. The molecule has 0 atom stereocenters. The molecule has 0 aromatic heterocycles. The topological polar surface area (TPSA) is 0 Å². The SMILES string of the molecule is C=C(CCc1cccc(F)c1)c1ccc(/C=C/C(C)C)cc1.[HH]. The molecule has 0 N–H and O–H groups in total. The molecule has 0 saturated heterocycles. The Morgan fingerprint density at radius 3 is 2.55 bits per heavy atom. The fourth-order valence-electron chi connectivity index (χ4n) is 2.27. The minimum absolute atomic E-state index is 0. The lowest BCUT2D eigenvalue weighted by Crippen LogP contribution is -1.90. The zero-order valence-electron chi connectivity index (χ0n) is 13.4. The molecule has 0 nitrogen and oxygen atoms in total. The number of hydrogen-bond acceptors (Lipinski definition) is 0. The van der Waals surface area contributed by atoms with Crippen molar-refractivity contribution in [3.05, 3.63) is 83.7 Å². The van der Waals surface area contributed by atoms with Gasteiger partial charge >= 0.3 is 0 Å². The quantitative estimate of drug-likeness (QED) is 0.579. The van der Waals surface area contributed by atoms with Crippen LogP contribution in [0.2, 0.25) is 0 Å². The van der Waals surface area contributed by atoms with Gasteiger partial charge in [-0.15, -0.1) is 0 Å². The van der Waals surface area contributed by atoms with Crippen molar-refractivity contribution < 1.29 is 5.82 Å². The van der Waals surface area contributed by atoms with E-state index in [1.54, 1.807) is 12.1 Å². The van der Waals surface area contributed by atoms with Gasteiger partial charge in [-0.1, -0.05) is 69.0 Å². The van der Waals surface area contributed by atoms with Crippen LogP contribution in [0.25, 0.3) is 11.6 Å². The van der Waals surface area contributed by atoms with Gasteiger partial charge in [0.25, 0.3) is 0 Å². The van der Waals surface area contributed by atoms with Gasteiger partial charge in [0.15, 0.2) is 0 Å². The summed E-state index contributed by atoms with van der Waals surface area (Å²) in [7, 11) is 0. The molecule has 0 saturated carbocycles. The second-order valence-electron chi connectivity index (χ2n) is 5.96. The molecule has 0 fully saturated rings. The lowest BCUT2D eigenvalue weighted by atomic mass is 9.98. The third-order valence-corrected chi connectivity index (χ3v) is 3.60. The maximum Gasteiger partial charge on any atom is 0.123 e. The zero-order valence-corrected chi connectivity index (χ0v) is 13.4. The molecule has 0 heterocycles. The van der Waals surface area contributed by atoms with E-state index in [0.717, 1.165) is 29.5 Å². The third kappa shape index (κ3) is 5.00.